The van der Waals surface area contributed by atoms with Crippen LogP contribution in [0, 0.1) is 0 Å². The summed E-state index contributed by atoms with van der Waals surface area (Å²) in [6.45, 7) is 1.24. The molecule has 0 saturated carbocycles. The Labute approximate surface area is 189 Å². The molecule has 0 aromatic heterocycles. The van der Waals surface area contributed by atoms with E-state index in [-0.39, 0.29) is 12.5 Å². The molecule has 1 heterocycles. The van der Waals surface area contributed by atoms with Gasteiger partial charge in [0.25, 0.3) is 0 Å². The van der Waals surface area contributed by atoms with Crippen molar-refractivity contribution in [2.45, 2.75) is 36.0 Å². The molecule has 3 aromatic carbocycles. The van der Waals surface area contributed by atoms with Crippen LogP contribution in [0.4, 0.5) is 0 Å². The third-order valence-corrected chi connectivity index (χ3v) is 7.97. The van der Waals surface area contributed by atoms with Gasteiger partial charge in [-0.3, -0.25) is 4.79 Å². The van der Waals surface area contributed by atoms with Crippen LogP contribution in [0.1, 0.15) is 24.0 Å². The van der Waals surface area contributed by atoms with E-state index in [0.29, 0.717) is 37.3 Å². The van der Waals surface area contributed by atoms with Crippen molar-refractivity contribution in [3.63, 3.8) is 0 Å². The number of hydrogen-bond donors (Lipinski definition) is 0. The first-order valence-electron chi connectivity index (χ1n) is 10.8. The molecule has 6 heteroatoms. The van der Waals surface area contributed by atoms with Crippen LogP contribution in [0.15, 0.2) is 89.8 Å². The van der Waals surface area contributed by atoms with E-state index >= 15 is 0 Å². The fourth-order valence-corrected chi connectivity index (χ4v) is 5.66. The van der Waals surface area contributed by atoms with Crippen molar-refractivity contribution in [1.29, 1.82) is 0 Å². The Morgan fingerprint density at radius 3 is 2.34 bits per heavy atom. The molecule has 3 aromatic rings. The monoisotopic (exact) mass is 449 g/mol. The lowest BCUT2D eigenvalue weighted by Gasteiger charge is -2.17. The molecule has 32 heavy (non-hydrogen) atoms. The first-order chi connectivity index (χ1) is 15.5. The number of nitrogens with zero attached hydrogens (tertiary/aromatic N) is 1. The largest absolute Gasteiger partial charge is 0.489 e. The summed E-state index contributed by atoms with van der Waals surface area (Å²) in [5.41, 5.74) is 2.12. The molecule has 1 unspecified atom stereocenters. The van der Waals surface area contributed by atoms with Crippen molar-refractivity contribution in [3.05, 3.63) is 96.1 Å². The lowest BCUT2D eigenvalue weighted by Crippen LogP contribution is -2.32. The fraction of sp³-hybridized carbons (Fsp3) is 0.269. The molecule has 1 fully saturated rings. The summed E-state index contributed by atoms with van der Waals surface area (Å²) in [4.78, 5) is 14.7. The molecule has 0 aliphatic carbocycles. The highest BCUT2D eigenvalue weighted by atomic mass is 32.2. The van der Waals surface area contributed by atoms with E-state index in [1.165, 1.54) is 0 Å². The zero-order chi connectivity index (χ0) is 22.4. The normalized spacial score (nSPS) is 16.1. The Hall–Kier alpha value is -3.12. The highest BCUT2D eigenvalue weighted by Gasteiger charge is 2.35. The maximum atomic E-state index is 12.8. The number of sulfone groups is 1. The molecule has 1 atom stereocenters. The van der Waals surface area contributed by atoms with Crippen LogP contribution in [-0.2, 0) is 27.7 Å². The van der Waals surface area contributed by atoms with E-state index in [1.807, 2.05) is 54.6 Å². The van der Waals surface area contributed by atoms with Crippen LogP contribution < -0.4 is 4.74 Å². The van der Waals surface area contributed by atoms with Crippen LogP contribution in [-0.4, -0.2) is 37.6 Å². The molecule has 0 radical (unpaired) electrons. The van der Waals surface area contributed by atoms with Crippen LogP contribution in [0.2, 0.25) is 0 Å². The molecule has 1 saturated heterocycles. The molecule has 1 aliphatic heterocycles. The topological polar surface area (TPSA) is 63.7 Å². The van der Waals surface area contributed by atoms with Gasteiger partial charge < -0.3 is 9.64 Å². The number of hydrogen-bond acceptors (Lipinski definition) is 4. The van der Waals surface area contributed by atoms with E-state index in [9.17, 15) is 13.2 Å². The molecule has 0 spiro atoms. The number of carbonyl (C=O) groups excluding carboxylic acids is 1. The van der Waals surface area contributed by atoms with E-state index in [1.54, 1.807) is 35.2 Å². The molecular weight excluding hydrogens is 422 g/mol. The Morgan fingerprint density at radius 2 is 1.59 bits per heavy atom. The lowest BCUT2D eigenvalue weighted by atomic mass is 10.1. The van der Waals surface area contributed by atoms with Gasteiger partial charge >= 0.3 is 0 Å². The van der Waals surface area contributed by atoms with Crippen molar-refractivity contribution >= 4 is 15.7 Å². The number of likely N-dealkylation sites (tertiary alicyclic amines) is 1. The number of benzene rings is 3. The molecule has 166 valence electrons. The smallest absolute Gasteiger partial charge is 0.222 e. The summed E-state index contributed by atoms with van der Waals surface area (Å²) in [6.07, 6.45) is 1.42. The number of rotatable bonds is 8. The Bertz CT molecular complexity index is 1150. The molecule has 4 rings (SSSR count). The summed E-state index contributed by atoms with van der Waals surface area (Å²) < 4.78 is 31.5. The second-order valence-electron chi connectivity index (χ2n) is 8.03. The van der Waals surface area contributed by atoms with Crippen LogP contribution in [0.25, 0.3) is 0 Å². The number of ether oxygens (including phenoxy) is 1. The summed E-state index contributed by atoms with van der Waals surface area (Å²) in [7, 11) is -3.42. The minimum atomic E-state index is -3.42. The molecule has 1 aliphatic rings. The van der Waals surface area contributed by atoms with E-state index in [0.717, 1.165) is 16.9 Å². The number of carbonyl (C=O) groups is 1. The average Bonchev–Trinajstić information content (AvgIpc) is 3.34. The van der Waals surface area contributed by atoms with Gasteiger partial charge in [-0.05, 0) is 48.2 Å². The molecule has 5 nitrogen and oxygen atoms in total. The quantitative estimate of drug-likeness (QED) is 0.515. The second kappa shape index (κ2) is 10.0. The average molecular weight is 450 g/mol. The van der Waals surface area contributed by atoms with Crippen molar-refractivity contribution < 1.29 is 17.9 Å². The first kappa shape index (κ1) is 22.1. The minimum Gasteiger partial charge on any atom is -0.489 e. The Morgan fingerprint density at radius 1 is 0.906 bits per heavy atom. The van der Waals surface area contributed by atoms with Crippen molar-refractivity contribution in [3.8, 4) is 5.75 Å². The van der Waals surface area contributed by atoms with E-state index in [2.05, 4.69) is 0 Å². The third-order valence-electron chi connectivity index (χ3n) is 5.78. The summed E-state index contributed by atoms with van der Waals surface area (Å²) in [6, 6.07) is 26.2. The standard InChI is InChI=1S/C26H27NO4S/c28-26(27-17-16-25(19-27)32(29,30)24-12-5-2-6-13-24)15-14-21-10-7-11-23(18-21)31-20-22-8-3-1-4-9-22/h1-13,18,25H,14-17,19-20H2. The van der Waals surface area contributed by atoms with Gasteiger partial charge in [0.05, 0.1) is 10.1 Å². The van der Waals surface area contributed by atoms with Gasteiger partial charge in [0.2, 0.25) is 5.91 Å². The number of aryl methyl sites for hydroxylation is 1. The van der Waals surface area contributed by atoms with Crippen LogP contribution >= 0.6 is 0 Å². The third kappa shape index (κ3) is 5.37. The Kier molecular flexibility index (Phi) is 6.90. The summed E-state index contributed by atoms with van der Waals surface area (Å²) >= 11 is 0. The SMILES string of the molecule is O=C(CCc1cccc(OCc2ccccc2)c1)N1CCC(S(=O)(=O)c2ccccc2)C1. The van der Waals surface area contributed by atoms with Gasteiger partial charge in [0.1, 0.15) is 12.4 Å². The van der Waals surface area contributed by atoms with Gasteiger partial charge in [-0.2, -0.15) is 0 Å². The highest BCUT2D eigenvalue weighted by Crippen LogP contribution is 2.25. The van der Waals surface area contributed by atoms with Crippen molar-refractivity contribution in [1.82, 2.24) is 4.90 Å². The summed E-state index contributed by atoms with van der Waals surface area (Å²) in [5.74, 6) is 0.764. The van der Waals surface area contributed by atoms with Crippen molar-refractivity contribution in [2.75, 3.05) is 13.1 Å². The predicted octanol–water partition coefficient (Wildman–Crippen LogP) is 4.27. The molecule has 1 amide bonds. The highest BCUT2D eigenvalue weighted by molar-refractivity contribution is 7.92. The van der Waals surface area contributed by atoms with Gasteiger partial charge in [0.15, 0.2) is 9.84 Å². The molecular formula is C26H27NO4S. The van der Waals surface area contributed by atoms with Gasteiger partial charge in [-0.25, -0.2) is 8.42 Å². The minimum absolute atomic E-state index is 0.00799. The van der Waals surface area contributed by atoms with Crippen LogP contribution in [0.3, 0.4) is 0 Å². The lowest BCUT2D eigenvalue weighted by molar-refractivity contribution is -0.130. The van der Waals surface area contributed by atoms with Gasteiger partial charge in [0, 0.05) is 19.5 Å². The van der Waals surface area contributed by atoms with Gasteiger partial charge in [-0.1, -0.05) is 60.7 Å². The second-order valence-corrected chi connectivity index (χ2v) is 10.3. The first-order valence-corrected chi connectivity index (χ1v) is 12.4. The maximum absolute atomic E-state index is 12.8. The zero-order valence-electron chi connectivity index (χ0n) is 17.9. The van der Waals surface area contributed by atoms with E-state index in [4.69, 9.17) is 4.74 Å². The van der Waals surface area contributed by atoms with Crippen LogP contribution in [0.5, 0.6) is 5.75 Å². The van der Waals surface area contributed by atoms with E-state index < -0.39 is 15.1 Å². The maximum Gasteiger partial charge on any atom is 0.222 e. The number of amides is 1. The van der Waals surface area contributed by atoms with Gasteiger partial charge in [-0.15, -0.1) is 0 Å². The molecule has 0 bridgehead atoms. The fourth-order valence-electron chi connectivity index (χ4n) is 3.95. The summed E-state index contributed by atoms with van der Waals surface area (Å²) in [5, 5.41) is -0.538. The predicted molar refractivity (Wildman–Crippen MR) is 124 cm³/mol. The Balaban J connectivity index is 1.30. The molecule has 0 N–H and O–H groups in total. The zero-order valence-corrected chi connectivity index (χ0v) is 18.7. The van der Waals surface area contributed by atoms with Crippen molar-refractivity contribution in [2.24, 2.45) is 0 Å².